The van der Waals surface area contributed by atoms with Crippen LogP contribution in [0.3, 0.4) is 0 Å². The first-order valence-electron chi connectivity index (χ1n) is 21.5. The minimum absolute atomic E-state index is 0. The Morgan fingerprint density at radius 1 is 1.08 bits per heavy atom. The normalized spacial score (nSPS) is 18.2. The topological polar surface area (TPSA) is 151 Å². The highest BCUT2D eigenvalue weighted by atomic mass is 32.1. The Bertz CT molecular complexity index is 2250. The third-order valence-corrected chi connectivity index (χ3v) is 12.6. The number of thiazole rings is 1. The van der Waals surface area contributed by atoms with E-state index in [1.54, 1.807) is 32.3 Å². The number of methoxy groups -OCH3 is 1. The molecule has 2 aliphatic heterocycles. The number of esters is 1. The monoisotopic (exact) mass is 992 g/mol. The molecule has 2 aliphatic rings. The van der Waals surface area contributed by atoms with Crippen LogP contribution in [0.1, 0.15) is 90.6 Å². The van der Waals surface area contributed by atoms with E-state index < -0.39 is 41.3 Å². The summed E-state index contributed by atoms with van der Waals surface area (Å²) in [5.74, 6) is -1.29. The zero-order chi connectivity index (χ0) is 44.3. The molecule has 6 bridgehead atoms. The molecule has 19 heteroatoms. The number of benzene rings is 1. The fourth-order valence-electron chi connectivity index (χ4n) is 8.76. The predicted octanol–water partition coefficient (Wildman–Crippen LogP) is 7.32. The molecule has 0 unspecified atom stereocenters. The fourth-order valence-corrected chi connectivity index (χ4v) is 9.61. The summed E-state index contributed by atoms with van der Waals surface area (Å²) in [6.45, 7) is 17.9. The van der Waals surface area contributed by atoms with Gasteiger partial charge in [0.25, 0.3) is 5.91 Å². The van der Waals surface area contributed by atoms with Crippen molar-refractivity contribution in [3.63, 3.8) is 0 Å². The zero-order valence-corrected chi connectivity index (χ0v) is 44.5. The number of hydrazine groups is 1. The molecule has 0 spiro atoms. The SMILES string of the molecule is CCn1c(-c2cccnc2[C@H](C)OC)c2c3cc(ccc31)-c1csc(n1)C[C@H](NC(=O)[C@H](C(C)C)N(C)C(=O)N(C)CC(C)C)C(=O)N1CCC[C@H](N1)C(=O)OCC(C)(C)C2.S.S.S.S. The van der Waals surface area contributed by atoms with Gasteiger partial charge >= 0.3 is 12.0 Å². The van der Waals surface area contributed by atoms with E-state index in [4.69, 9.17) is 19.4 Å². The van der Waals surface area contributed by atoms with Crippen molar-refractivity contribution in [1.29, 1.82) is 0 Å². The molecule has 3 aromatic heterocycles. The first-order chi connectivity index (χ1) is 28.9. The number of pyridine rings is 1. The lowest BCUT2D eigenvalue weighted by atomic mass is 9.84. The summed E-state index contributed by atoms with van der Waals surface area (Å²) in [7, 11) is 5.04. The first-order valence-corrected chi connectivity index (χ1v) is 22.4. The van der Waals surface area contributed by atoms with Crippen LogP contribution in [-0.2, 0) is 43.2 Å². The van der Waals surface area contributed by atoms with Gasteiger partial charge in [-0.25, -0.2) is 15.2 Å². The van der Waals surface area contributed by atoms with Gasteiger partial charge in [0.2, 0.25) is 5.91 Å². The maximum atomic E-state index is 14.5. The van der Waals surface area contributed by atoms with Gasteiger partial charge in [-0.05, 0) is 74.8 Å². The number of aromatic nitrogens is 3. The van der Waals surface area contributed by atoms with Gasteiger partial charge in [-0.15, -0.1) is 11.3 Å². The molecule has 362 valence electrons. The summed E-state index contributed by atoms with van der Waals surface area (Å²) in [5, 5.41) is 8.18. The number of urea groups is 1. The van der Waals surface area contributed by atoms with Gasteiger partial charge in [0.05, 0.1) is 34.8 Å². The molecule has 4 atom stereocenters. The lowest BCUT2D eigenvalue weighted by molar-refractivity contribution is -0.155. The molecular weight excluding hydrogens is 921 g/mol. The van der Waals surface area contributed by atoms with E-state index in [1.165, 1.54) is 21.2 Å². The van der Waals surface area contributed by atoms with Crippen molar-refractivity contribution >= 4 is 100 Å². The minimum atomic E-state index is -1.04. The lowest BCUT2D eigenvalue weighted by Gasteiger charge is -2.37. The summed E-state index contributed by atoms with van der Waals surface area (Å²) >= 11 is 1.43. The molecule has 14 nitrogen and oxygen atoms in total. The molecule has 1 saturated heterocycles. The second-order valence-corrected chi connectivity index (χ2v) is 19.1. The van der Waals surface area contributed by atoms with E-state index >= 15 is 0 Å². The number of likely N-dealkylation sites (N-methyl/N-ethyl adjacent to an activating group) is 1. The molecule has 4 amide bonds. The van der Waals surface area contributed by atoms with Gasteiger partial charge in [-0.2, -0.15) is 54.0 Å². The van der Waals surface area contributed by atoms with Gasteiger partial charge in [0.1, 0.15) is 18.1 Å². The molecular formula is C46H72N8O6S5. The van der Waals surface area contributed by atoms with Crippen LogP contribution in [0.2, 0.25) is 0 Å². The number of nitrogens with zero attached hydrogens (tertiary/aromatic N) is 6. The number of ether oxygens (including phenoxy) is 2. The van der Waals surface area contributed by atoms with Crippen LogP contribution in [0.15, 0.2) is 41.9 Å². The number of nitrogens with one attached hydrogen (secondary N) is 2. The Labute approximate surface area is 417 Å². The van der Waals surface area contributed by atoms with Crippen molar-refractivity contribution in [1.82, 2.24) is 40.1 Å². The summed E-state index contributed by atoms with van der Waals surface area (Å²) in [4.78, 5) is 69.1. The summed E-state index contributed by atoms with van der Waals surface area (Å²) in [6, 6.07) is 7.52. The molecule has 6 rings (SSSR count). The Kier molecular flexibility index (Phi) is 21.8. The van der Waals surface area contributed by atoms with Crippen molar-refractivity contribution in [2.24, 2.45) is 17.3 Å². The summed E-state index contributed by atoms with van der Waals surface area (Å²) in [5.41, 5.74) is 9.38. The van der Waals surface area contributed by atoms with Gasteiger partial charge < -0.3 is 29.2 Å². The Hall–Kier alpha value is -3.46. The van der Waals surface area contributed by atoms with Crippen molar-refractivity contribution in [2.45, 2.75) is 112 Å². The molecule has 65 heavy (non-hydrogen) atoms. The standard InChI is InChI=1S/C46H64N8O6S.4H2S/c1-12-53-37-18-17-30-21-32(37)33(41(53)31-15-13-19-47-39(31)29(6)59-11)23-46(7,8)26-60-44(57)34-16-14-20-54(50-34)43(56)35(22-38-48-36(30)25-61-38)49-42(55)40(28(4)5)52(10)45(58)51(9)24-27(2)3;;;;/h13,15,17-19,21,25,27-29,34-35,40,50H,12,14,16,20,22-24,26H2,1-11H3,(H,49,55);4*1H2/t29-,34-,35-,40-;;;;/m0..../s1. The average molecular weight is 993 g/mol. The van der Waals surface area contributed by atoms with Crippen LogP contribution in [0, 0.1) is 17.3 Å². The quantitative estimate of drug-likeness (QED) is 0.156. The highest BCUT2D eigenvalue weighted by molar-refractivity contribution is 7.59. The van der Waals surface area contributed by atoms with Crippen LogP contribution < -0.4 is 10.7 Å². The Morgan fingerprint density at radius 3 is 2.43 bits per heavy atom. The number of hydrogen-bond donors (Lipinski definition) is 2. The molecule has 1 fully saturated rings. The number of hydrogen-bond acceptors (Lipinski definition) is 10. The van der Waals surface area contributed by atoms with E-state index in [2.05, 4.69) is 60.3 Å². The van der Waals surface area contributed by atoms with E-state index in [-0.39, 0.29) is 91.0 Å². The molecule has 5 heterocycles. The molecule has 0 aliphatic carbocycles. The Morgan fingerprint density at radius 2 is 1.78 bits per heavy atom. The summed E-state index contributed by atoms with van der Waals surface area (Å²) in [6.07, 6.45) is 3.30. The zero-order valence-electron chi connectivity index (χ0n) is 39.7. The molecule has 0 saturated carbocycles. The average Bonchev–Trinajstić information content (AvgIpc) is 3.82. The van der Waals surface area contributed by atoms with Gasteiger partial charge in [-0.1, -0.05) is 47.6 Å². The van der Waals surface area contributed by atoms with Crippen LogP contribution in [0.4, 0.5) is 4.79 Å². The number of cyclic esters (lactones) is 1. The number of carbonyl (C=O) groups excluding carboxylic acids is 4. The maximum Gasteiger partial charge on any atom is 0.324 e. The van der Waals surface area contributed by atoms with E-state index in [9.17, 15) is 19.2 Å². The third-order valence-electron chi connectivity index (χ3n) is 11.7. The first kappa shape index (κ1) is 57.7. The molecule has 0 radical (unpaired) electrons. The van der Waals surface area contributed by atoms with Gasteiger partial charge in [-0.3, -0.25) is 24.4 Å². The number of carbonyl (C=O) groups is 4. The second kappa shape index (κ2) is 24.5. The lowest BCUT2D eigenvalue weighted by Crippen LogP contribution is -2.62. The van der Waals surface area contributed by atoms with Gasteiger partial charge in [0, 0.05) is 86.3 Å². The largest absolute Gasteiger partial charge is 0.464 e. The fraction of sp³-hybridized carbons (Fsp3) is 0.565. The Balaban J connectivity index is 0.00000363. The predicted molar refractivity (Wildman–Crippen MR) is 280 cm³/mol. The van der Waals surface area contributed by atoms with Crippen molar-refractivity contribution in [3.8, 4) is 22.5 Å². The third kappa shape index (κ3) is 13.0. The van der Waals surface area contributed by atoms with Crippen molar-refractivity contribution < 1.29 is 28.7 Å². The number of amides is 4. The minimum Gasteiger partial charge on any atom is -0.464 e. The second-order valence-electron chi connectivity index (χ2n) is 18.1. The maximum absolute atomic E-state index is 14.5. The molecule has 4 aromatic rings. The number of fused-ring (bicyclic) bond motifs is 6. The van der Waals surface area contributed by atoms with E-state index in [0.717, 1.165) is 44.7 Å². The smallest absolute Gasteiger partial charge is 0.324 e. The van der Waals surface area contributed by atoms with E-state index in [0.29, 0.717) is 43.9 Å². The molecule has 1 aromatic carbocycles. The number of aryl methyl sites for hydroxylation is 1. The highest BCUT2D eigenvalue weighted by Crippen LogP contribution is 2.42. The van der Waals surface area contributed by atoms with E-state index in [1.807, 2.05) is 46.1 Å². The van der Waals surface area contributed by atoms with Crippen LogP contribution in [0.25, 0.3) is 33.4 Å². The van der Waals surface area contributed by atoms with Crippen molar-refractivity contribution in [3.05, 3.63) is 58.2 Å². The molecule has 2 N–H and O–H groups in total. The van der Waals surface area contributed by atoms with Crippen molar-refractivity contribution in [2.75, 3.05) is 40.9 Å². The van der Waals surface area contributed by atoms with Crippen LogP contribution in [0.5, 0.6) is 0 Å². The highest BCUT2D eigenvalue weighted by Gasteiger charge is 2.38. The van der Waals surface area contributed by atoms with Crippen LogP contribution in [-0.4, -0.2) is 112 Å². The number of rotatable bonds is 10. The summed E-state index contributed by atoms with van der Waals surface area (Å²) < 4.78 is 14.2. The van der Waals surface area contributed by atoms with Crippen LogP contribution >= 0.6 is 65.3 Å². The van der Waals surface area contributed by atoms with Gasteiger partial charge in [0.15, 0.2) is 0 Å².